The van der Waals surface area contributed by atoms with Crippen molar-refractivity contribution in [3.8, 4) is 5.75 Å². The van der Waals surface area contributed by atoms with Gasteiger partial charge < -0.3 is 14.7 Å². The molecule has 1 aromatic carbocycles. The molecule has 0 fully saturated rings. The number of carbonyl (C=O) groups excluding carboxylic acids is 1. The second-order valence-corrected chi connectivity index (χ2v) is 4.85. The number of ether oxygens (including phenoxy) is 2. The lowest BCUT2D eigenvalue weighted by atomic mass is 10.1. The van der Waals surface area contributed by atoms with Crippen LogP contribution < -0.4 is 9.55 Å². The van der Waals surface area contributed by atoms with Crippen LogP contribution in [0.1, 0.15) is 25.3 Å². The lowest BCUT2D eigenvalue weighted by Gasteiger charge is -2.28. The molecule has 1 rings (SSSR count). The van der Waals surface area contributed by atoms with Gasteiger partial charge in [-0.1, -0.05) is 0 Å². The molecular formula is C14H18F3NO5. The predicted molar refractivity (Wildman–Crippen MR) is 75.7 cm³/mol. The van der Waals surface area contributed by atoms with Crippen LogP contribution in [0.5, 0.6) is 5.75 Å². The Bertz CT molecular complexity index is 508. The Morgan fingerprint density at radius 1 is 1.35 bits per heavy atom. The maximum Gasteiger partial charge on any atom is 0.416 e. The van der Waals surface area contributed by atoms with E-state index in [9.17, 15) is 28.4 Å². The second-order valence-electron chi connectivity index (χ2n) is 4.85. The first-order valence-corrected chi connectivity index (χ1v) is 6.85. The highest BCUT2D eigenvalue weighted by atomic mass is 19.4. The summed E-state index contributed by atoms with van der Waals surface area (Å²) in [5.74, 6) is -0.645. The molecule has 1 N–H and O–H groups in total. The Kier molecular flexibility index (Phi) is 6.37. The molecule has 1 aromatic rings. The predicted octanol–water partition coefficient (Wildman–Crippen LogP) is 3.25. The molecule has 130 valence electrons. The molecule has 0 radical (unpaired) electrons. The van der Waals surface area contributed by atoms with E-state index in [0.717, 1.165) is 19.2 Å². The number of hydrogen-bond donors (Lipinski definition) is 1. The molecule has 0 spiro atoms. The number of benzene rings is 1. The fraction of sp³-hybridized carbons (Fsp3) is 0.500. The van der Waals surface area contributed by atoms with Gasteiger partial charge in [-0.15, -0.1) is 0 Å². The van der Waals surface area contributed by atoms with Gasteiger partial charge in [0.15, 0.2) is 5.69 Å². The van der Waals surface area contributed by atoms with E-state index < -0.39 is 28.2 Å². The smallest absolute Gasteiger partial charge is 0.416 e. The minimum absolute atomic E-state index is 0.0342. The van der Waals surface area contributed by atoms with Gasteiger partial charge in [-0.2, -0.15) is 18.0 Å². The average molecular weight is 337 g/mol. The molecule has 0 amide bonds. The highest BCUT2D eigenvalue weighted by Crippen LogP contribution is 2.36. The highest BCUT2D eigenvalue weighted by Gasteiger charge is 2.33. The van der Waals surface area contributed by atoms with Gasteiger partial charge in [0.1, 0.15) is 12.8 Å². The van der Waals surface area contributed by atoms with E-state index in [0.29, 0.717) is 6.07 Å². The summed E-state index contributed by atoms with van der Waals surface area (Å²) in [5, 5.41) is 20.7. The van der Waals surface area contributed by atoms with Gasteiger partial charge in [0.05, 0.1) is 18.8 Å². The number of quaternary nitrogens is 1. The SMILES string of the molecule is CCOC(=O)CCCOc1cc(C(F)(F)F)cc([N+](C)([O-])O)c1. The molecule has 0 aliphatic rings. The van der Waals surface area contributed by atoms with Gasteiger partial charge in [0, 0.05) is 18.6 Å². The van der Waals surface area contributed by atoms with Crippen LogP contribution in [0.2, 0.25) is 0 Å². The van der Waals surface area contributed by atoms with Gasteiger partial charge in [-0.25, -0.2) is 5.21 Å². The summed E-state index contributed by atoms with van der Waals surface area (Å²) in [5.41, 5.74) is -1.62. The minimum Gasteiger partial charge on any atom is -0.593 e. The number of halogens is 3. The standard InChI is InChI=1S/C14H18F3NO5/c1-3-22-13(19)5-4-6-23-12-8-10(14(15,16)17)7-11(9-12)18(2,20)21/h7-9,20H,3-6H2,1-2H3. The van der Waals surface area contributed by atoms with Crippen LogP contribution in [0.3, 0.4) is 0 Å². The largest absolute Gasteiger partial charge is 0.593 e. The Labute approximate surface area is 131 Å². The van der Waals surface area contributed by atoms with Crippen molar-refractivity contribution in [3.05, 3.63) is 29.0 Å². The summed E-state index contributed by atoms with van der Waals surface area (Å²) >= 11 is 0. The summed E-state index contributed by atoms with van der Waals surface area (Å²) in [6.45, 7) is 1.87. The van der Waals surface area contributed by atoms with Crippen LogP contribution in [0, 0.1) is 5.21 Å². The average Bonchev–Trinajstić information content (AvgIpc) is 2.42. The lowest BCUT2D eigenvalue weighted by Crippen LogP contribution is -2.33. The molecule has 0 heterocycles. The molecule has 0 bridgehead atoms. The van der Waals surface area contributed by atoms with E-state index in [4.69, 9.17) is 9.47 Å². The second kappa shape index (κ2) is 7.62. The third-order valence-electron chi connectivity index (χ3n) is 2.80. The molecule has 1 unspecified atom stereocenters. The maximum atomic E-state index is 12.8. The monoisotopic (exact) mass is 337 g/mol. The normalized spacial score (nSPS) is 14.2. The Balaban J connectivity index is 2.80. The first-order valence-electron chi connectivity index (χ1n) is 6.85. The van der Waals surface area contributed by atoms with Crippen molar-refractivity contribution in [1.29, 1.82) is 0 Å². The molecule has 0 aromatic heterocycles. The zero-order chi connectivity index (χ0) is 17.7. The molecule has 9 heteroatoms. The molecule has 23 heavy (non-hydrogen) atoms. The summed E-state index contributed by atoms with van der Waals surface area (Å²) < 4.78 is 48.3. The first kappa shape index (κ1) is 19.2. The summed E-state index contributed by atoms with van der Waals surface area (Å²) in [7, 11) is 0.778. The number of hydroxylamine groups is 2. The van der Waals surface area contributed by atoms with Crippen molar-refractivity contribution >= 4 is 11.7 Å². The Hall–Kier alpha value is -1.84. The Morgan fingerprint density at radius 3 is 2.52 bits per heavy atom. The highest BCUT2D eigenvalue weighted by molar-refractivity contribution is 5.69. The van der Waals surface area contributed by atoms with Gasteiger partial charge in [0.25, 0.3) is 0 Å². The molecule has 1 atom stereocenters. The fourth-order valence-electron chi connectivity index (χ4n) is 1.71. The van der Waals surface area contributed by atoms with Crippen molar-refractivity contribution in [2.75, 3.05) is 20.3 Å². The Morgan fingerprint density at radius 2 is 2.00 bits per heavy atom. The number of rotatable bonds is 7. The number of hydrogen-bond acceptors (Lipinski definition) is 5. The van der Waals surface area contributed by atoms with Crippen LogP contribution in [0.25, 0.3) is 0 Å². The number of alkyl halides is 3. The summed E-state index contributed by atoms with van der Waals surface area (Å²) in [4.78, 5) is 9.11. The van der Waals surface area contributed by atoms with Crippen LogP contribution >= 0.6 is 0 Å². The summed E-state index contributed by atoms with van der Waals surface area (Å²) in [6, 6.07) is 2.30. The number of carbonyl (C=O) groups is 1. The van der Waals surface area contributed by atoms with Gasteiger partial charge >= 0.3 is 12.1 Å². The molecule has 0 saturated carbocycles. The van der Waals surface area contributed by atoms with E-state index in [1.807, 2.05) is 0 Å². The molecule has 6 nitrogen and oxygen atoms in total. The van der Waals surface area contributed by atoms with Gasteiger partial charge in [-0.05, 0) is 19.4 Å². The third kappa shape index (κ3) is 6.43. The van der Waals surface area contributed by atoms with Crippen LogP contribution in [-0.4, -0.2) is 31.4 Å². The van der Waals surface area contributed by atoms with Gasteiger partial charge in [0.2, 0.25) is 0 Å². The third-order valence-corrected chi connectivity index (χ3v) is 2.80. The lowest BCUT2D eigenvalue weighted by molar-refractivity contribution is -0.143. The van der Waals surface area contributed by atoms with Crippen molar-refractivity contribution < 1.29 is 32.6 Å². The molecular weight excluding hydrogens is 319 g/mol. The van der Waals surface area contributed by atoms with Crippen molar-refractivity contribution in [2.24, 2.45) is 0 Å². The first-order chi connectivity index (χ1) is 10.5. The van der Waals surface area contributed by atoms with Crippen LogP contribution in [0.4, 0.5) is 18.9 Å². The maximum absolute atomic E-state index is 12.8. The fourth-order valence-corrected chi connectivity index (χ4v) is 1.71. The van der Waals surface area contributed by atoms with Crippen molar-refractivity contribution in [2.45, 2.75) is 25.9 Å². The minimum atomic E-state index is -4.69. The molecule has 0 aliphatic carbocycles. The van der Waals surface area contributed by atoms with Crippen LogP contribution in [-0.2, 0) is 15.7 Å². The van der Waals surface area contributed by atoms with E-state index >= 15 is 0 Å². The topological polar surface area (TPSA) is 78.8 Å². The molecule has 0 aliphatic heterocycles. The number of esters is 1. The van der Waals surface area contributed by atoms with Crippen molar-refractivity contribution in [1.82, 2.24) is 4.81 Å². The zero-order valence-electron chi connectivity index (χ0n) is 12.7. The van der Waals surface area contributed by atoms with E-state index in [1.54, 1.807) is 6.92 Å². The van der Waals surface area contributed by atoms with Crippen molar-refractivity contribution in [3.63, 3.8) is 0 Å². The van der Waals surface area contributed by atoms with E-state index in [-0.39, 0.29) is 31.8 Å². The number of nitrogens with zero attached hydrogens (tertiary/aromatic N) is 1. The van der Waals surface area contributed by atoms with Gasteiger partial charge in [-0.3, -0.25) is 4.79 Å². The van der Waals surface area contributed by atoms with E-state index in [1.165, 1.54) is 0 Å². The quantitative estimate of drug-likeness (QED) is 0.358. The van der Waals surface area contributed by atoms with E-state index in [2.05, 4.69) is 0 Å². The molecule has 0 saturated heterocycles. The summed E-state index contributed by atoms with van der Waals surface area (Å²) in [6.07, 6.45) is -4.38. The van der Waals surface area contributed by atoms with Crippen LogP contribution in [0.15, 0.2) is 18.2 Å². The zero-order valence-corrected chi connectivity index (χ0v) is 12.7.